The summed E-state index contributed by atoms with van der Waals surface area (Å²) in [6.45, 7) is 0. The maximum Gasteiger partial charge on any atom is 0.257 e. The molecule has 0 aromatic heterocycles. The number of aromatic hydroxyl groups is 1. The average molecular weight is 262 g/mol. The monoisotopic (exact) mass is 261 g/mol. The molecule has 0 spiro atoms. The van der Waals surface area contributed by atoms with Gasteiger partial charge in [-0.2, -0.15) is 0 Å². The Kier molecular flexibility index (Phi) is 5.20. The van der Waals surface area contributed by atoms with Crippen LogP contribution < -0.4 is 5.73 Å². The molecule has 1 aromatic carbocycles. The number of alkyl halides is 2. The van der Waals surface area contributed by atoms with Crippen molar-refractivity contribution in [1.82, 2.24) is 0 Å². The molecule has 0 heterocycles. The van der Waals surface area contributed by atoms with Crippen LogP contribution in [-0.2, 0) is 0 Å². The van der Waals surface area contributed by atoms with Crippen LogP contribution in [0.3, 0.4) is 0 Å². The van der Waals surface area contributed by atoms with E-state index in [9.17, 15) is 13.2 Å². The summed E-state index contributed by atoms with van der Waals surface area (Å²) in [5.74, 6) is -1.95. The van der Waals surface area contributed by atoms with Gasteiger partial charge in [0.15, 0.2) is 11.6 Å². The molecule has 86 valence electrons. The first-order valence-electron chi connectivity index (χ1n) is 3.65. The number of halogens is 5. The molecule has 3 N–H and O–H groups in total. The molecule has 0 bridgehead atoms. The molecule has 0 aliphatic heterocycles. The van der Waals surface area contributed by atoms with Crippen LogP contribution in [0.15, 0.2) is 12.1 Å². The van der Waals surface area contributed by atoms with Gasteiger partial charge in [0, 0.05) is 10.6 Å². The summed E-state index contributed by atoms with van der Waals surface area (Å²) in [5, 5.41) is 9.00. The molecule has 0 unspecified atom stereocenters. The van der Waals surface area contributed by atoms with E-state index in [1.54, 1.807) is 0 Å². The molecule has 1 aromatic rings. The highest BCUT2D eigenvalue weighted by Gasteiger charge is 2.23. The van der Waals surface area contributed by atoms with Gasteiger partial charge in [-0.15, -0.1) is 12.4 Å². The highest BCUT2D eigenvalue weighted by atomic mass is 35.5. The Morgan fingerprint density at radius 2 is 1.87 bits per heavy atom. The number of rotatable bonds is 2. The first-order chi connectivity index (χ1) is 6.43. The zero-order valence-electron chi connectivity index (χ0n) is 7.25. The van der Waals surface area contributed by atoms with Gasteiger partial charge in [0.05, 0.1) is 6.04 Å². The predicted molar refractivity (Wildman–Crippen MR) is 53.3 cm³/mol. The van der Waals surface area contributed by atoms with Crippen molar-refractivity contribution in [3.63, 3.8) is 0 Å². The Morgan fingerprint density at radius 1 is 1.33 bits per heavy atom. The van der Waals surface area contributed by atoms with Crippen LogP contribution in [-0.4, -0.2) is 11.5 Å². The molecule has 1 rings (SSSR count). The van der Waals surface area contributed by atoms with E-state index >= 15 is 0 Å². The fourth-order valence-corrected chi connectivity index (χ4v) is 1.19. The van der Waals surface area contributed by atoms with Gasteiger partial charge in [-0.1, -0.05) is 11.6 Å². The Balaban J connectivity index is 0.00000196. The summed E-state index contributed by atoms with van der Waals surface area (Å²) in [7, 11) is 0. The number of benzene rings is 1. The number of phenolic OH excluding ortho intramolecular Hbond substituents is 1. The molecule has 2 nitrogen and oxygen atoms in total. The zero-order chi connectivity index (χ0) is 10.9. The molecule has 0 saturated carbocycles. The van der Waals surface area contributed by atoms with Crippen molar-refractivity contribution < 1.29 is 18.3 Å². The molecule has 1 atom stereocenters. The van der Waals surface area contributed by atoms with Crippen LogP contribution in [0.2, 0.25) is 5.02 Å². The van der Waals surface area contributed by atoms with Crippen molar-refractivity contribution in [1.29, 1.82) is 0 Å². The van der Waals surface area contributed by atoms with Crippen molar-refractivity contribution in [3.8, 4) is 5.75 Å². The molecule has 0 radical (unpaired) electrons. The van der Waals surface area contributed by atoms with E-state index in [4.69, 9.17) is 22.4 Å². The maximum absolute atomic E-state index is 12.8. The van der Waals surface area contributed by atoms with Crippen LogP contribution in [0.1, 0.15) is 11.6 Å². The third-order valence-corrected chi connectivity index (χ3v) is 1.91. The summed E-state index contributed by atoms with van der Waals surface area (Å²) in [4.78, 5) is 0. The standard InChI is InChI=1S/C8H7ClF3NO.ClH/c9-3-1-4(6(13)8(11)12)7(14)5(10)2-3;/h1-2,6,8,14H,13H2;1H/t6-;/m0./s1. The van der Waals surface area contributed by atoms with E-state index in [-0.39, 0.29) is 17.4 Å². The van der Waals surface area contributed by atoms with Crippen molar-refractivity contribution in [2.24, 2.45) is 5.73 Å². The van der Waals surface area contributed by atoms with Gasteiger partial charge in [-0.3, -0.25) is 0 Å². The van der Waals surface area contributed by atoms with E-state index in [0.29, 0.717) is 0 Å². The summed E-state index contributed by atoms with van der Waals surface area (Å²) in [5.41, 5.74) is 4.64. The third-order valence-electron chi connectivity index (χ3n) is 1.69. The summed E-state index contributed by atoms with van der Waals surface area (Å²) in [6.07, 6.45) is -2.89. The first kappa shape index (κ1) is 14.3. The van der Waals surface area contributed by atoms with E-state index in [1.165, 1.54) is 0 Å². The fourth-order valence-electron chi connectivity index (χ4n) is 0.976. The van der Waals surface area contributed by atoms with Gasteiger partial charge < -0.3 is 10.8 Å². The number of hydrogen-bond donors (Lipinski definition) is 2. The van der Waals surface area contributed by atoms with E-state index < -0.39 is 29.6 Å². The lowest BCUT2D eigenvalue weighted by molar-refractivity contribution is 0.115. The minimum Gasteiger partial charge on any atom is -0.505 e. The van der Waals surface area contributed by atoms with E-state index in [1.807, 2.05) is 0 Å². The average Bonchev–Trinajstić information content (AvgIpc) is 2.09. The number of phenols is 1. The summed E-state index contributed by atoms with van der Waals surface area (Å²) < 4.78 is 37.1. The van der Waals surface area contributed by atoms with Gasteiger partial charge in [-0.05, 0) is 12.1 Å². The highest BCUT2D eigenvalue weighted by Crippen LogP contribution is 2.31. The molecule has 0 aliphatic carbocycles. The maximum atomic E-state index is 12.8. The minimum absolute atomic E-state index is 0. The lowest BCUT2D eigenvalue weighted by atomic mass is 10.1. The Labute approximate surface area is 95.2 Å². The Morgan fingerprint density at radius 3 is 2.33 bits per heavy atom. The first-order valence-corrected chi connectivity index (χ1v) is 4.03. The largest absolute Gasteiger partial charge is 0.505 e. The quantitative estimate of drug-likeness (QED) is 0.860. The highest BCUT2D eigenvalue weighted by molar-refractivity contribution is 6.30. The van der Waals surface area contributed by atoms with Gasteiger partial charge >= 0.3 is 0 Å². The molecule has 0 amide bonds. The minimum atomic E-state index is -2.89. The van der Waals surface area contributed by atoms with Gasteiger partial charge in [0.2, 0.25) is 0 Å². The van der Waals surface area contributed by atoms with Crippen molar-refractivity contribution in [2.45, 2.75) is 12.5 Å². The topological polar surface area (TPSA) is 46.2 Å². The molecular formula is C8H8Cl2F3NO. The van der Waals surface area contributed by atoms with Crippen LogP contribution in [0.4, 0.5) is 13.2 Å². The van der Waals surface area contributed by atoms with Gasteiger partial charge in [0.25, 0.3) is 6.43 Å². The third kappa shape index (κ3) is 3.15. The predicted octanol–water partition coefficient (Wildman–Crippen LogP) is 2.87. The van der Waals surface area contributed by atoms with Crippen LogP contribution in [0.5, 0.6) is 5.75 Å². The van der Waals surface area contributed by atoms with Crippen LogP contribution in [0, 0.1) is 5.82 Å². The summed E-state index contributed by atoms with van der Waals surface area (Å²) >= 11 is 5.42. The summed E-state index contributed by atoms with van der Waals surface area (Å²) in [6, 6.07) is 0.0817. The molecule has 15 heavy (non-hydrogen) atoms. The second-order valence-electron chi connectivity index (χ2n) is 2.69. The van der Waals surface area contributed by atoms with E-state index in [2.05, 4.69) is 0 Å². The molecule has 7 heteroatoms. The smallest absolute Gasteiger partial charge is 0.257 e. The second kappa shape index (κ2) is 5.44. The zero-order valence-corrected chi connectivity index (χ0v) is 8.83. The molecule has 0 fully saturated rings. The lowest BCUT2D eigenvalue weighted by Crippen LogP contribution is -2.19. The molecular weight excluding hydrogens is 254 g/mol. The lowest BCUT2D eigenvalue weighted by Gasteiger charge is -2.13. The van der Waals surface area contributed by atoms with Crippen LogP contribution >= 0.6 is 24.0 Å². The Hall–Kier alpha value is -0.650. The molecule has 0 aliphatic rings. The Bertz CT molecular complexity index is 349. The second-order valence-corrected chi connectivity index (χ2v) is 3.12. The SMILES string of the molecule is Cl.N[C@@H](c1cc(Cl)cc(F)c1O)C(F)F. The van der Waals surface area contributed by atoms with Gasteiger partial charge in [-0.25, -0.2) is 13.2 Å². The van der Waals surface area contributed by atoms with Crippen LogP contribution in [0.25, 0.3) is 0 Å². The number of nitrogens with two attached hydrogens (primary N) is 1. The normalized spacial score (nSPS) is 12.4. The fraction of sp³-hybridized carbons (Fsp3) is 0.250. The van der Waals surface area contributed by atoms with Gasteiger partial charge in [0.1, 0.15) is 0 Å². The number of hydrogen-bond acceptors (Lipinski definition) is 2. The van der Waals surface area contributed by atoms with Crippen molar-refractivity contribution >= 4 is 24.0 Å². The molecule has 0 saturated heterocycles. The van der Waals surface area contributed by atoms with E-state index in [0.717, 1.165) is 12.1 Å². The van der Waals surface area contributed by atoms with Crippen molar-refractivity contribution in [2.75, 3.05) is 0 Å². The van der Waals surface area contributed by atoms with Crippen molar-refractivity contribution in [3.05, 3.63) is 28.5 Å².